The van der Waals surface area contributed by atoms with E-state index in [1.54, 1.807) is 0 Å². The lowest BCUT2D eigenvalue weighted by Gasteiger charge is -2.29. The molecule has 2 fully saturated rings. The average molecular weight is 140 g/mol. The summed E-state index contributed by atoms with van der Waals surface area (Å²) in [5, 5.41) is 5.67. The molecule has 0 aromatic heterocycles. The second-order valence-electron chi connectivity index (χ2n) is 3.15. The van der Waals surface area contributed by atoms with Crippen LogP contribution in [-0.2, 0) is 0 Å². The highest BCUT2D eigenvalue weighted by Gasteiger charge is 2.31. The van der Waals surface area contributed by atoms with E-state index in [2.05, 4.69) is 10.6 Å². The summed E-state index contributed by atoms with van der Waals surface area (Å²) in [7, 11) is 0. The molecule has 2 aliphatic rings. The Hall–Kier alpha value is -0.730. The smallest absolute Gasteiger partial charge is 0.315 e. The van der Waals surface area contributed by atoms with Gasteiger partial charge in [-0.15, -0.1) is 0 Å². The molecule has 3 heteroatoms. The van der Waals surface area contributed by atoms with Gasteiger partial charge in [-0.05, 0) is 18.8 Å². The van der Waals surface area contributed by atoms with Gasteiger partial charge in [-0.3, -0.25) is 0 Å². The van der Waals surface area contributed by atoms with Crippen molar-refractivity contribution in [3.05, 3.63) is 0 Å². The number of carbonyl (C=O) groups is 1. The third-order valence-electron chi connectivity index (χ3n) is 2.52. The van der Waals surface area contributed by atoms with Crippen molar-refractivity contribution < 1.29 is 4.79 Å². The first-order valence-corrected chi connectivity index (χ1v) is 3.90. The minimum atomic E-state index is 0.0110. The minimum Gasteiger partial charge on any atom is -0.336 e. The number of nitrogens with one attached hydrogen (secondary N) is 2. The highest BCUT2D eigenvalue weighted by molar-refractivity contribution is 5.76. The van der Waals surface area contributed by atoms with Crippen LogP contribution in [0, 0.1) is 5.92 Å². The first kappa shape index (κ1) is 6.01. The number of carbonyl (C=O) groups excluding carboxylic acids is 1. The molecule has 1 heterocycles. The number of urea groups is 1. The van der Waals surface area contributed by atoms with Gasteiger partial charge in [0.15, 0.2) is 0 Å². The van der Waals surface area contributed by atoms with Gasteiger partial charge in [0.05, 0.1) is 6.04 Å². The molecule has 1 saturated carbocycles. The maximum atomic E-state index is 10.7. The molecule has 1 saturated heterocycles. The van der Waals surface area contributed by atoms with Crippen molar-refractivity contribution in [1.82, 2.24) is 10.6 Å². The van der Waals surface area contributed by atoms with Gasteiger partial charge in [-0.2, -0.15) is 0 Å². The molecule has 10 heavy (non-hydrogen) atoms. The Kier molecular flexibility index (Phi) is 1.29. The van der Waals surface area contributed by atoms with E-state index < -0.39 is 0 Å². The summed E-state index contributed by atoms with van der Waals surface area (Å²) in [4.78, 5) is 10.7. The fraction of sp³-hybridized carbons (Fsp3) is 0.857. The summed E-state index contributed by atoms with van der Waals surface area (Å²) in [6, 6.07) is 0.443. The summed E-state index contributed by atoms with van der Waals surface area (Å²) < 4.78 is 0. The van der Waals surface area contributed by atoms with E-state index in [9.17, 15) is 4.79 Å². The van der Waals surface area contributed by atoms with Crippen molar-refractivity contribution in [2.45, 2.75) is 25.3 Å². The Bertz CT molecular complexity index is 154. The van der Waals surface area contributed by atoms with E-state index in [1.165, 1.54) is 19.3 Å². The first-order valence-electron chi connectivity index (χ1n) is 3.90. The Morgan fingerprint density at radius 2 is 2.20 bits per heavy atom. The lowest BCUT2D eigenvalue weighted by atomic mass is 9.80. The molecule has 3 nitrogen and oxygen atoms in total. The summed E-state index contributed by atoms with van der Waals surface area (Å²) in [6.45, 7) is 0.837. The molecule has 1 atom stereocenters. The van der Waals surface area contributed by atoms with Crippen molar-refractivity contribution >= 4 is 6.03 Å². The molecule has 0 spiro atoms. The molecule has 1 unspecified atom stereocenters. The fourth-order valence-corrected chi connectivity index (χ4v) is 1.60. The fourth-order valence-electron chi connectivity index (χ4n) is 1.60. The highest BCUT2D eigenvalue weighted by Crippen LogP contribution is 2.30. The molecule has 1 aliphatic carbocycles. The summed E-state index contributed by atoms with van der Waals surface area (Å²) in [5.41, 5.74) is 0. The molecule has 2 amide bonds. The molecule has 0 bridgehead atoms. The van der Waals surface area contributed by atoms with Gasteiger partial charge >= 0.3 is 6.03 Å². The van der Waals surface area contributed by atoms with Gasteiger partial charge in [0.25, 0.3) is 0 Å². The topological polar surface area (TPSA) is 41.1 Å². The van der Waals surface area contributed by atoms with Crippen LogP contribution in [0.3, 0.4) is 0 Å². The van der Waals surface area contributed by atoms with Crippen LogP contribution < -0.4 is 10.6 Å². The first-order chi connectivity index (χ1) is 4.86. The largest absolute Gasteiger partial charge is 0.336 e. The van der Waals surface area contributed by atoms with Crippen molar-refractivity contribution in [3.63, 3.8) is 0 Å². The number of amides is 2. The standard InChI is InChI=1S/C7H12N2O/c10-7-8-4-6(9-7)5-2-1-3-5/h5-6H,1-4H2,(H2,8,9,10). The third-order valence-corrected chi connectivity index (χ3v) is 2.52. The van der Waals surface area contributed by atoms with Crippen molar-refractivity contribution in [3.8, 4) is 0 Å². The average Bonchev–Trinajstić information content (AvgIpc) is 2.10. The van der Waals surface area contributed by atoms with Crippen LogP contribution in [0.5, 0.6) is 0 Å². The zero-order chi connectivity index (χ0) is 6.97. The predicted octanol–water partition coefficient (Wildman–Crippen LogP) is 0.468. The summed E-state index contributed by atoms with van der Waals surface area (Å²) in [5.74, 6) is 0.763. The number of hydrogen-bond donors (Lipinski definition) is 2. The Morgan fingerprint density at radius 1 is 1.40 bits per heavy atom. The quantitative estimate of drug-likeness (QED) is 0.546. The van der Waals surface area contributed by atoms with Crippen LogP contribution in [0.2, 0.25) is 0 Å². The summed E-state index contributed by atoms with van der Waals surface area (Å²) >= 11 is 0. The van der Waals surface area contributed by atoms with Crippen LogP contribution in [0.1, 0.15) is 19.3 Å². The van der Waals surface area contributed by atoms with E-state index in [0.29, 0.717) is 6.04 Å². The van der Waals surface area contributed by atoms with E-state index in [-0.39, 0.29) is 6.03 Å². The third kappa shape index (κ3) is 0.856. The molecule has 2 N–H and O–H groups in total. The zero-order valence-electron chi connectivity index (χ0n) is 5.89. The van der Waals surface area contributed by atoms with Crippen LogP contribution >= 0.6 is 0 Å². The van der Waals surface area contributed by atoms with Gasteiger partial charge in [0.2, 0.25) is 0 Å². The lowest BCUT2D eigenvalue weighted by molar-refractivity contribution is 0.234. The molecular formula is C7H12N2O. The second kappa shape index (κ2) is 2.15. The van der Waals surface area contributed by atoms with E-state index in [1.807, 2.05) is 0 Å². The van der Waals surface area contributed by atoms with Gasteiger partial charge in [0, 0.05) is 6.54 Å². The van der Waals surface area contributed by atoms with Crippen LogP contribution in [0.25, 0.3) is 0 Å². The van der Waals surface area contributed by atoms with Crippen LogP contribution in [0.4, 0.5) is 4.79 Å². The second-order valence-corrected chi connectivity index (χ2v) is 3.15. The SMILES string of the molecule is O=C1NCC(C2CCC2)N1. The van der Waals surface area contributed by atoms with Crippen molar-refractivity contribution in [2.24, 2.45) is 5.92 Å². The molecule has 0 aromatic rings. The molecular weight excluding hydrogens is 128 g/mol. The Balaban J connectivity index is 1.88. The van der Waals surface area contributed by atoms with Crippen molar-refractivity contribution in [2.75, 3.05) is 6.54 Å². The molecule has 0 radical (unpaired) electrons. The van der Waals surface area contributed by atoms with Gasteiger partial charge in [-0.25, -0.2) is 4.79 Å². The Morgan fingerprint density at radius 3 is 2.60 bits per heavy atom. The number of rotatable bonds is 1. The number of hydrogen-bond acceptors (Lipinski definition) is 1. The summed E-state index contributed by atoms with van der Waals surface area (Å²) in [6.07, 6.45) is 3.94. The monoisotopic (exact) mass is 140 g/mol. The zero-order valence-corrected chi connectivity index (χ0v) is 5.89. The normalized spacial score (nSPS) is 32.8. The van der Waals surface area contributed by atoms with E-state index >= 15 is 0 Å². The van der Waals surface area contributed by atoms with Gasteiger partial charge in [-0.1, -0.05) is 6.42 Å². The molecule has 2 rings (SSSR count). The predicted molar refractivity (Wildman–Crippen MR) is 37.7 cm³/mol. The van der Waals surface area contributed by atoms with E-state index in [4.69, 9.17) is 0 Å². The van der Waals surface area contributed by atoms with Crippen molar-refractivity contribution in [1.29, 1.82) is 0 Å². The van der Waals surface area contributed by atoms with Gasteiger partial charge in [0.1, 0.15) is 0 Å². The highest BCUT2D eigenvalue weighted by atomic mass is 16.2. The van der Waals surface area contributed by atoms with Gasteiger partial charge < -0.3 is 10.6 Å². The molecule has 0 aromatic carbocycles. The Labute approximate surface area is 60.2 Å². The minimum absolute atomic E-state index is 0.0110. The van der Waals surface area contributed by atoms with E-state index in [0.717, 1.165) is 12.5 Å². The molecule has 1 aliphatic heterocycles. The van der Waals surface area contributed by atoms with Crippen LogP contribution in [0.15, 0.2) is 0 Å². The molecule has 56 valence electrons. The maximum Gasteiger partial charge on any atom is 0.315 e. The maximum absolute atomic E-state index is 10.7. The lowest BCUT2D eigenvalue weighted by Crippen LogP contribution is -2.37. The van der Waals surface area contributed by atoms with Crippen LogP contribution in [-0.4, -0.2) is 18.6 Å².